The minimum Gasteiger partial charge on any atom is -0.490 e. The summed E-state index contributed by atoms with van der Waals surface area (Å²) in [6.45, 7) is 7.10. The summed E-state index contributed by atoms with van der Waals surface area (Å²) in [6.07, 6.45) is -1.72. The molecule has 1 aliphatic heterocycles. The Labute approximate surface area is 293 Å². The molecule has 0 fully saturated rings. The topological polar surface area (TPSA) is 124 Å². The summed E-state index contributed by atoms with van der Waals surface area (Å²) in [5.41, 5.74) is -0.275. The van der Waals surface area contributed by atoms with Crippen LogP contribution in [0, 0.1) is 5.92 Å². The van der Waals surface area contributed by atoms with Crippen LogP contribution in [0.1, 0.15) is 68.8 Å². The number of amides is 4. The first-order chi connectivity index (χ1) is 23.6. The first-order valence-electron chi connectivity index (χ1n) is 17.1. The van der Waals surface area contributed by atoms with Gasteiger partial charge in [0, 0.05) is 50.5 Å². The number of ether oxygens (including phenoxy) is 2. The molecule has 0 saturated carbocycles. The number of likely N-dealkylation sites (N-methyl/N-ethyl adjacent to an activating group) is 1. The van der Waals surface area contributed by atoms with Crippen molar-refractivity contribution in [2.75, 3.05) is 64.6 Å². The molecule has 3 rings (SSSR count). The van der Waals surface area contributed by atoms with Gasteiger partial charge in [0.1, 0.15) is 5.75 Å². The summed E-state index contributed by atoms with van der Waals surface area (Å²) in [5.74, 6) is -0.337. The maximum Gasteiger partial charge on any atom is 0.416 e. The Morgan fingerprint density at radius 2 is 1.70 bits per heavy atom. The predicted octanol–water partition coefficient (Wildman–Crippen LogP) is 5.95. The zero-order chi connectivity index (χ0) is 37.0. The number of nitrogens with zero attached hydrogens (tertiary/aromatic N) is 3. The van der Waals surface area contributed by atoms with E-state index in [0.717, 1.165) is 50.1 Å². The van der Waals surface area contributed by atoms with Gasteiger partial charge in [0.25, 0.3) is 5.91 Å². The third-order valence-electron chi connectivity index (χ3n) is 8.66. The standard InChI is InChI=1S/C36H52F3N5O6/c1-24-21-44(25(2)23-45)34(47)30-20-29(41-35(48)40-28-14-12-27(13-15-28)36(37,38)39)16-17-31(30)50-26(3)10-7-8-19-49-32(24)22-43(6)33(46)11-9-18-42(4)5/h12-17,20,24-26,32,45H,7-11,18-19,21-23H2,1-6H3,(H2,40,41,48)/t24-,25+,26+,32+/m1/s1. The largest absolute Gasteiger partial charge is 0.490 e. The maximum absolute atomic E-state index is 14.3. The zero-order valence-electron chi connectivity index (χ0n) is 29.9. The average Bonchev–Trinajstić information content (AvgIpc) is 3.05. The van der Waals surface area contributed by atoms with Crippen molar-refractivity contribution in [1.82, 2.24) is 14.7 Å². The van der Waals surface area contributed by atoms with E-state index >= 15 is 0 Å². The Morgan fingerprint density at radius 3 is 2.34 bits per heavy atom. The van der Waals surface area contributed by atoms with Crippen LogP contribution in [0.4, 0.5) is 29.3 Å². The molecule has 2 aromatic rings. The molecule has 0 saturated heterocycles. The highest BCUT2D eigenvalue weighted by Gasteiger charge is 2.32. The van der Waals surface area contributed by atoms with Crippen LogP contribution in [0.3, 0.4) is 0 Å². The van der Waals surface area contributed by atoms with Gasteiger partial charge in [0.05, 0.1) is 36.0 Å². The predicted molar refractivity (Wildman–Crippen MR) is 186 cm³/mol. The first kappa shape index (κ1) is 40.5. The number of fused-ring (bicyclic) bond motifs is 1. The number of hydrogen-bond donors (Lipinski definition) is 3. The van der Waals surface area contributed by atoms with E-state index in [9.17, 15) is 32.7 Å². The molecule has 3 N–H and O–H groups in total. The van der Waals surface area contributed by atoms with Crippen LogP contribution in [0.2, 0.25) is 0 Å². The highest BCUT2D eigenvalue weighted by atomic mass is 19.4. The van der Waals surface area contributed by atoms with Crippen molar-refractivity contribution < 1.29 is 42.1 Å². The second-order valence-electron chi connectivity index (χ2n) is 13.3. The molecule has 2 aromatic carbocycles. The molecule has 0 spiro atoms. The van der Waals surface area contributed by atoms with Crippen molar-refractivity contribution in [3.63, 3.8) is 0 Å². The molecule has 1 aliphatic rings. The average molecular weight is 708 g/mol. The molecule has 1 heterocycles. The number of aliphatic hydroxyl groups excluding tert-OH is 1. The maximum atomic E-state index is 14.3. The molecule has 14 heteroatoms. The Balaban J connectivity index is 1.86. The fourth-order valence-corrected chi connectivity index (χ4v) is 5.61. The number of hydrogen-bond acceptors (Lipinski definition) is 7. The molecule has 4 amide bonds. The highest BCUT2D eigenvalue weighted by molar-refractivity contribution is 6.02. The number of anilines is 2. The van der Waals surface area contributed by atoms with Crippen LogP contribution < -0.4 is 15.4 Å². The summed E-state index contributed by atoms with van der Waals surface area (Å²) in [6, 6.07) is 7.38. The lowest BCUT2D eigenvalue weighted by atomic mass is 10.0. The summed E-state index contributed by atoms with van der Waals surface area (Å²) >= 11 is 0. The van der Waals surface area contributed by atoms with Gasteiger partial charge >= 0.3 is 12.2 Å². The molecule has 0 bridgehead atoms. The van der Waals surface area contributed by atoms with Gasteiger partial charge in [-0.2, -0.15) is 13.2 Å². The first-order valence-corrected chi connectivity index (χ1v) is 17.1. The van der Waals surface area contributed by atoms with Gasteiger partial charge in [-0.3, -0.25) is 9.59 Å². The van der Waals surface area contributed by atoms with Gasteiger partial charge in [-0.1, -0.05) is 6.92 Å². The molecule has 11 nitrogen and oxygen atoms in total. The fourth-order valence-electron chi connectivity index (χ4n) is 5.61. The highest BCUT2D eigenvalue weighted by Crippen LogP contribution is 2.31. The van der Waals surface area contributed by atoms with Gasteiger partial charge in [-0.25, -0.2) is 4.79 Å². The summed E-state index contributed by atoms with van der Waals surface area (Å²) in [5, 5.41) is 15.3. The smallest absolute Gasteiger partial charge is 0.416 e. The zero-order valence-corrected chi connectivity index (χ0v) is 29.9. The van der Waals surface area contributed by atoms with Crippen LogP contribution in [0.25, 0.3) is 0 Å². The molecule has 0 unspecified atom stereocenters. The Hall–Kier alpha value is -3.88. The van der Waals surface area contributed by atoms with Crippen molar-refractivity contribution >= 4 is 29.2 Å². The Kier molecular flexibility index (Phi) is 15.3. The molecular formula is C36H52F3N5O6. The lowest BCUT2D eigenvalue weighted by molar-refractivity contribution is -0.137. The van der Waals surface area contributed by atoms with E-state index < -0.39 is 29.7 Å². The minimum atomic E-state index is -4.50. The van der Waals surface area contributed by atoms with E-state index in [2.05, 4.69) is 10.6 Å². The number of halogens is 3. The van der Waals surface area contributed by atoms with Crippen molar-refractivity contribution in [1.29, 1.82) is 0 Å². The van der Waals surface area contributed by atoms with E-state index in [4.69, 9.17) is 9.47 Å². The molecule has 0 radical (unpaired) electrons. The molecule has 278 valence electrons. The van der Waals surface area contributed by atoms with E-state index in [0.29, 0.717) is 31.7 Å². The van der Waals surface area contributed by atoms with E-state index in [1.54, 1.807) is 35.9 Å². The lowest BCUT2D eigenvalue weighted by Crippen LogP contribution is -2.48. The van der Waals surface area contributed by atoms with E-state index in [-0.39, 0.29) is 54.1 Å². The summed E-state index contributed by atoms with van der Waals surface area (Å²) < 4.78 is 51.4. The van der Waals surface area contributed by atoms with E-state index in [1.165, 1.54) is 6.07 Å². The number of aliphatic hydroxyl groups is 1. The van der Waals surface area contributed by atoms with Crippen LogP contribution in [0.15, 0.2) is 42.5 Å². The van der Waals surface area contributed by atoms with Crippen molar-refractivity contribution in [3.8, 4) is 5.75 Å². The normalized spacial score (nSPS) is 19.9. The van der Waals surface area contributed by atoms with Crippen LogP contribution in [0.5, 0.6) is 5.75 Å². The quantitative estimate of drug-likeness (QED) is 0.279. The van der Waals surface area contributed by atoms with Crippen LogP contribution in [-0.2, 0) is 15.7 Å². The van der Waals surface area contributed by atoms with Gasteiger partial charge in [0.2, 0.25) is 5.91 Å². The number of carbonyl (C=O) groups is 3. The number of carbonyl (C=O) groups excluding carboxylic acids is 3. The number of benzene rings is 2. The number of alkyl halides is 3. The van der Waals surface area contributed by atoms with Crippen molar-refractivity contribution in [2.45, 2.75) is 77.3 Å². The summed E-state index contributed by atoms with van der Waals surface area (Å²) in [7, 11) is 5.69. The molecule has 0 aromatic heterocycles. The second kappa shape index (κ2) is 18.9. The second-order valence-corrected chi connectivity index (χ2v) is 13.3. The molecule has 4 atom stereocenters. The monoisotopic (exact) mass is 707 g/mol. The van der Waals surface area contributed by atoms with Crippen LogP contribution in [-0.4, -0.2) is 110 Å². The molecular weight excluding hydrogens is 655 g/mol. The summed E-state index contributed by atoms with van der Waals surface area (Å²) in [4.78, 5) is 45.3. The fraction of sp³-hybridized carbons (Fsp3) is 0.583. The SMILES string of the molecule is C[C@@H]1CN([C@@H](C)CO)C(=O)c2cc(NC(=O)Nc3ccc(C(F)(F)F)cc3)ccc2O[C@@H](C)CCCCO[C@H]1CN(C)C(=O)CCCN(C)C. The van der Waals surface area contributed by atoms with Crippen LogP contribution >= 0.6 is 0 Å². The van der Waals surface area contributed by atoms with Gasteiger partial charge in [-0.15, -0.1) is 0 Å². The van der Waals surface area contributed by atoms with Gasteiger partial charge in [-0.05, 0) is 103 Å². The third kappa shape index (κ3) is 12.5. The van der Waals surface area contributed by atoms with Gasteiger partial charge in [0.15, 0.2) is 0 Å². The number of rotatable bonds is 10. The number of nitrogens with one attached hydrogen (secondary N) is 2. The number of urea groups is 1. The Bertz CT molecular complexity index is 1410. The van der Waals surface area contributed by atoms with Crippen molar-refractivity contribution in [3.05, 3.63) is 53.6 Å². The third-order valence-corrected chi connectivity index (χ3v) is 8.66. The molecule has 50 heavy (non-hydrogen) atoms. The van der Waals surface area contributed by atoms with E-state index in [1.807, 2.05) is 32.8 Å². The Morgan fingerprint density at radius 1 is 1.04 bits per heavy atom. The lowest BCUT2D eigenvalue weighted by Gasteiger charge is -2.36. The minimum absolute atomic E-state index is 0.0148. The van der Waals surface area contributed by atoms with Gasteiger partial charge < -0.3 is 39.9 Å². The van der Waals surface area contributed by atoms with Crippen molar-refractivity contribution in [2.24, 2.45) is 5.92 Å². The molecule has 0 aliphatic carbocycles.